The van der Waals surface area contributed by atoms with Crippen molar-refractivity contribution in [2.24, 2.45) is 7.05 Å². The van der Waals surface area contributed by atoms with E-state index in [1.54, 1.807) is 13.2 Å². The first-order valence-electron chi connectivity index (χ1n) is 6.72. The van der Waals surface area contributed by atoms with E-state index < -0.39 is 0 Å². The topological polar surface area (TPSA) is 56.2 Å². The molecule has 0 bridgehead atoms. The van der Waals surface area contributed by atoms with Crippen LogP contribution in [0.3, 0.4) is 0 Å². The van der Waals surface area contributed by atoms with E-state index in [9.17, 15) is 4.79 Å². The van der Waals surface area contributed by atoms with Crippen LogP contribution in [0.4, 0.5) is 0 Å². The highest BCUT2D eigenvalue weighted by molar-refractivity contribution is 5.33. The molecule has 3 rings (SSSR count). The number of hydrogen-bond acceptors (Lipinski definition) is 4. The highest BCUT2D eigenvalue weighted by Gasteiger charge is 2.24. The van der Waals surface area contributed by atoms with Gasteiger partial charge in [-0.25, -0.2) is 4.68 Å². The average Bonchev–Trinajstić information content (AvgIpc) is 2.67. The van der Waals surface area contributed by atoms with Crippen molar-refractivity contribution in [1.29, 1.82) is 0 Å². The van der Waals surface area contributed by atoms with Crippen LogP contribution in [0.15, 0.2) is 41.3 Å². The van der Waals surface area contributed by atoms with E-state index in [4.69, 9.17) is 4.74 Å². The quantitative estimate of drug-likeness (QED) is 0.887. The minimum atomic E-state index is -0.0992. The molecule has 0 aliphatic carbocycles. The van der Waals surface area contributed by atoms with E-state index >= 15 is 0 Å². The van der Waals surface area contributed by atoms with Crippen molar-refractivity contribution in [3.8, 4) is 5.75 Å². The summed E-state index contributed by atoms with van der Waals surface area (Å²) in [7, 11) is 1.66. The summed E-state index contributed by atoms with van der Waals surface area (Å²) in [6, 6.07) is 10.1. The summed E-state index contributed by atoms with van der Waals surface area (Å²) in [5, 5.41) is 7.41. The molecular formula is C15H17N3O2. The second-order valence-corrected chi connectivity index (χ2v) is 4.90. The molecule has 0 saturated carbocycles. The Morgan fingerprint density at radius 2 is 2.20 bits per heavy atom. The minimum Gasteiger partial charge on any atom is -0.490 e. The van der Waals surface area contributed by atoms with Crippen molar-refractivity contribution in [1.82, 2.24) is 15.1 Å². The number of nitrogens with zero attached hydrogens (tertiary/aromatic N) is 2. The van der Waals surface area contributed by atoms with Gasteiger partial charge in [-0.2, -0.15) is 5.10 Å². The predicted octanol–water partition coefficient (Wildman–Crippen LogP) is 1.05. The molecule has 0 radical (unpaired) electrons. The maximum Gasteiger partial charge on any atom is 0.275 e. The zero-order valence-corrected chi connectivity index (χ0v) is 11.4. The number of benzene rings is 1. The first-order valence-corrected chi connectivity index (χ1v) is 6.72. The molecule has 1 unspecified atom stereocenters. The van der Waals surface area contributed by atoms with Crippen molar-refractivity contribution >= 4 is 0 Å². The number of fused-ring (bicyclic) bond motifs is 1. The van der Waals surface area contributed by atoms with Crippen LogP contribution < -0.4 is 15.6 Å². The number of nitrogens with one attached hydrogen (secondary N) is 1. The van der Waals surface area contributed by atoms with Crippen LogP contribution in [0.5, 0.6) is 5.75 Å². The Kier molecular flexibility index (Phi) is 3.52. The van der Waals surface area contributed by atoms with Gasteiger partial charge in [-0.3, -0.25) is 4.79 Å². The first kappa shape index (κ1) is 12.9. The van der Waals surface area contributed by atoms with Crippen molar-refractivity contribution in [2.75, 3.05) is 13.2 Å². The smallest absolute Gasteiger partial charge is 0.275 e. The zero-order chi connectivity index (χ0) is 13.9. The molecule has 0 spiro atoms. The molecule has 1 aliphatic rings. The van der Waals surface area contributed by atoms with E-state index in [0.29, 0.717) is 17.9 Å². The van der Waals surface area contributed by atoms with Crippen LogP contribution in [-0.4, -0.2) is 22.9 Å². The fourth-order valence-electron chi connectivity index (χ4n) is 2.50. The summed E-state index contributed by atoms with van der Waals surface area (Å²) in [5.41, 5.74) is 1.76. The van der Waals surface area contributed by atoms with Crippen LogP contribution in [0.1, 0.15) is 17.2 Å². The Labute approximate surface area is 117 Å². The largest absolute Gasteiger partial charge is 0.490 e. The Balaban J connectivity index is 2.01. The van der Waals surface area contributed by atoms with Gasteiger partial charge >= 0.3 is 0 Å². The Hall–Kier alpha value is -2.14. The Bertz CT molecular complexity index is 652. The molecule has 20 heavy (non-hydrogen) atoms. The van der Waals surface area contributed by atoms with Crippen LogP contribution in [0.2, 0.25) is 0 Å². The fourth-order valence-corrected chi connectivity index (χ4v) is 2.50. The standard InChI is InChI=1S/C15H17N3O2/c1-18-15(19)14-12(9-11-5-3-2-4-6-11)16-7-8-20-13(14)10-17-18/h2-6,10,12,16H,7-9H2,1H3. The summed E-state index contributed by atoms with van der Waals surface area (Å²) in [6.45, 7) is 1.27. The Morgan fingerprint density at radius 1 is 1.40 bits per heavy atom. The lowest BCUT2D eigenvalue weighted by atomic mass is 10.00. The molecule has 5 nitrogen and oxygen atoms in total. The second-order valence-electron chi connectivity index (χ2n) is 4.90. The van der Waals surface area contributed by atoms with Crippen molar-refractivity contribution in [2.45, 2.75) is 12.5 Å². The molecule has 0 amide bonds. The molecule has 1 N–H and O–H groups in total. The van der Waals surface area contributed by atoms with Gasteiger partial charge in [0.15, 0.2) is 0 Å². The fraction of sp³-hybridized carbons (Fsp3) is 0.333. The molecule has 1 aliphatic heterocycles. The van der Waals surface area contributed by atoms with E-state index in [0.717, 1.165) is 13.0 Å². The molecule has 1 aromatic heterocycles. The van der Waals surface area contributed by atoms with Crippen molar-refractivity contribution in [3.63, 3.8) is 0 Å². The molecule has 0 saturated heterocycles. The lowest BCUT2D eigenvalue weighted by Gasteiger charge is -2.17. The maximum atomic E-state index is 12.3. The van der Waals surface area contributed by atoms with Gasteiger partial charge in [-0.05, 0) is 12.0 Å². The highest BCUT2D eigenvalue weighted by atomic mass is 16.5. The summed E-state index contributed by atoms with van der Waals surface area (Å²) in [5.74, 6) is 0.596. The molecule has 2 aromatic rings. The van der Waals surface area contributed by atoms with Gasteiger partial charge in [-0.15, -0.1) is 0 Å². The summed E-state index contributed by atoms with van der Waals surface area (Å²) in [4.78, 5) is 12.3. The second kappa shape index (κ2) is 5.46. The predicted molar refractivity (Wildman–Crippen MR) is 75.9 cm³/mol. The van der Waals surface area contributed by atoms with Gasteiger partial charge in [-0.1, -0.05) is 30.3 Å². The van der Waals surface area contributed by atoms with Gasteiger partial charge in [0.2, 0.25) is 0 Å². The SMILES string of the molecule is Cn1ncc2c(c1=O)C(Cc1ccccc1)NCCO2. The van der Waals surface area contributed by atoms with Gasteiger partial charge in [0.1, 0.15) is 12.4 Å². The molecule has 104 valence electrons. The van der Waals surface area contributed by atoms with Crippen LogP contribution >= 0.6 is 0 Å². The first-order chi connectivity index (χ1) is 9.75. The number of hydrogen-bond donors (Lipinski definition) is 1. The lowest BCUT2D eigenvalue weighted by Crippen LogP contribution is -2.31. The molecule has 1 atom stereocenters. The van der Waals surface area contributed by atoms with Gasteiger partial charge in [0.05, 0.1) is 11.8 Å². The number of aryl methyl sites for hydroxylation is 1. The highest BCUT2D eigenvalue weighted by Crippen LogP contribution is 2.25. The monoisotopic (exact) mass is 271 g/mol. The van der Waals surface area contributed by atoms with E-state index in [1.165, 1.54) is 10.2 Å². The van der Waals surface area contributed by atoms with E-state index in [2.05, 4.69) is 22.5 Å². The summed E-state index contributed by atoms with van der Waals surface area (Å²) in [6.07, 6.45) is 2.39. The van der Waals surface area contributed by atoms with E-state index in [-0.39, 0.29) is 11.6 Å². The number of ether oxygens (including phenoxy) is 1. The Morgan fingerprint density at radius 3 is 3.00 bits per heavy atom. The normalized spacial score (nSPS) is 17.9. The van der Waals surface area contributed by atoms with Crippen LogP contribution in [0.25, 0.3) is 0 Å². The van der Waals surface area contributed by atoms with Crippen LogP contribution in [-0.2, 0) is 13.5 Å². The third-order valence-corrected chi connectivity index (χ3v) is 3.52. The third kappa shape index (κ3) is 2.44. The molecule has 2 heterocycles. The summed E-state index contributed by atoms with van der Waals surface area (Å²) < 4.78 is 6.97. The van der Waals surface area contributed by atoms with Gasteiger partial charge < -0.3 is 10.1 Å². The zero-order valence-electron chi connectivity index (χ0n) is 11.4. The molecule has 1 aromatic carbocycles. The van der Waals surface area contributed by atoms with Crippen molar-refractivity contribution in [3.05, 3.63) is 58.0 Å². The molecule has 5 heteroatoms. The van der Waals surface area contributed by atoms with Gasteiger partial charge in [0, 0.05) is 19.6 Å². The third-order valence-electron chi connectivity index (χ3n) is 3.52. The lowest BCUT2D eigenvalue weighted by molar-refractivity contribution is 0.321. The van der Waals surface area contributed by atoms with Crippen molar-refractivity contribution < 1.29 is 4.74 Å². The van der Waals surface area contributed by atoms with Gasteiger partial charge in [0.25, 0.3) is 5.56 Å². The van der Waals surface area contributed by atoms with Crippen LogP contribution in [0, 0.1) is 0 Å². The maximum absolute atomic E-state index is 12.3. The number of aromatic nitrogens is 2. The minimum absolute atomic E-state index is 0.0448. The molecule has 0 fully saturated rings. The number of rotatable bonds is 2. The van der Waals surface area contributed by atoms with E-state index in [1.807, 2.05) is 18.2 Å². The molecular weight excluding hydrogens is 254 g/mol. The summed E-state index contributed by atoms with van der Waals surface area (Å²) >= 11 is 0. The average molecular weight is 271 g/mol.